The number of rotatable bonds is 6. The summed E-state index contributed by atoms with van der Waals surface area (Å²) in [6.45, 7) is 2.17. The molecule has 1 aliphatic carbocycles. The Bertz CT molecular complexity index is 718. The van der Waals surface area contributed by atoms with Crippen LogP contribution in [0.15, 0.2) is 60.7 Å². The summed E-state index contributed by atoms with van der Waals surface area (Å²) < 4.78 is 0. The highest BCUT2D eigenvalue weighted by Gasteiger charge is 2.27. The van der Waals surface area contributed by atoms with E-state index in [1.165, 1.54) is 22.3 Å². The Morgan fingerprint density at radius 1 is 0.960 bits per heavy atom. The third-order valence-corrected chi connectivity index (χ3v) is 5.99. The maximum atomic E-state index is 12.6. The standard InChI is InChI=1S/C23H26OS/c1-2-3-16-25-23(24)20-14-15-21(18-10-6-4-7-11-18)22(17-20)19-12-8-5-9-13-19/h4-13,20H,2-3,14-17H2,1H3. The van der Waals surface area contributed by atoms with Gasteiger partial charge in [0.05, 0.1) is 0 Å². The maximum absolute atomic E-state index is 12.6. The topological polar surface area (TPSA) is 17.1 Å². The molecule has 2 heteroatoms. The van der Waals surface area contributed by atoms with Crippen LogP contribution in [0.5, 0.6) is 0 Å². The SMILES string of the molecule is CCCCSC(=O)C1CCC(c2ccccc2)=C(c2ccccc2)C1. The van der Waals surface area contributed by atoms with Crippen LogP contribution in [-0.4, -0.2) is 10.9 Å². The Balaban J connectivity index is 1.87. The van der Waals surface area contributed by atoms with Crippen molar-refractivity contribution in [1.29, 1.82) is 0 Å². The molecule has 0 spiro atoms. The molecule has 130 valence electrons. The van der Waals surface area contributed by atoms with E-state index in [1.54, 1.807) is 11.8 Å². The molecule has 25 heavy (non-hydrogen) atoms. The molecule has 0 saturated carbocycles. The molecule has 3 rings (SSSR count). The largest absolute Gasteiger partial charge is 0.287 e. The second-order valence-electron chi connectivity index (χ2n) is 6.65. The van der Waals surface area contributed by atoms with Crippen molar-refractivity contribution >= 4 is 28.0 Å². The summed E-state index contributed by atoms with van der Waals surface area (Å²) in [4.78, 5) is 12.6. The summed E-state index contributed by atoms with van der Waals surface area (Å²) in [6.07, 6.45) is 5.10. The fourth-order valence-corrected chi connectivity index (χ4v) is 4.54. The van der Waals surface area contributed by atoms with Gasteiger partial charge < -0.3 is 0 Å². The van der Waals surface area contributed by atoms with Crippen molar-refractivity contribution in [3.05, 3.63) is 71.8 Å². The van der Waals surface area contributed by atoms with Crippen LogP contribution in [0.25, 0.3) is 11.1 Å². The number of carbonyl (C=O) groups is 1. The Kier molecular flexibility index (Phi) is 6.52. The normalized spacial score (nSPS) is 17.6. The first-order valence-electron chi connectivity index (χ1n) is 9.29. The zero-order chi connectivity index (χ0) is 17.5. The van der Waals surface area contributed by atoms with Crippen molar-refractivity contribution in [2.75, 3.05) is 5.75 Å². The Morgan fingerprint density at radius 3 is 2.16 bits per heavy atom. The van der Waals surface area contributed by atoms with Crippen molar-refractivity contribution in [2.24, 2.45) is 5.92 Å². The van der Waals surface area contributed by atoms with Gasteiger partial charge in [-0.05, 0) is 48.0 Å². The van der Waals surface area contributed by atoms with E-state index in [2.05, 4.69) is 67.6 Å². The average Bonchev–Trinajstić information content (AvgIpc) is 2.69. The van der Waals surface area contributed by atoms with Gasteiger partial charge in [-0.15, -0.1) is 0 Å². The van der Waals surface area contributed by atoms with Gasteiger partial charge in [-0.25, -0.2) is 0 Å². The molecule has 2 aromatic carbocycles. The second-order valence-corrected chi connectivity index (χ2v) is 7.75. The number of allylic oxidation sites excluding steroid dienone is 2. The fraction of sp³-hybridized carbons (Fsp3) is 0.348. The highest BCUT2D eigenvalue weighted by molar-refractivity contribution is 8.13. The lowest BCUT2D eigenvalue weighted by Gasteiger charge is -2.27. The first-order chi connectivity index (χ1) is 12.3. The fourth-order valence-electron chi connectivity index (χ4n) is 3.47. The first kappa shape index (κ1) is 18.0. The lowest BCUT2D eigenvalue weighted by atomic mass is 9.79. The molecule has 1 atom stereocenters. The molecule has 1 unspecified atom stereocenters. The van der Waals surface area contributed by atoms with Crippen LogP contribution >= 0.6 is 11.8 Å². The van der Waals surface area contributed by atoms with E-state index in [9.17, 15) is 4.79 Å². The molecule has 0 aromatic heterocycles. The van der Waals surface area contributed by atoms with Crippen LogP contribution in [0, 0.1) is 5.92 Å². The molecule has 0 heterocycles. The summed E-state index contributed by atoms with van der Waals surface area (Å²) in [6, 6.07) is 21.2. The molecule has 0 saturated heterocycles. The molecule has 0 amide bonds. The lowest BCUT2D eigenvalue weighted by Crippen LogP contribution is -2.17. The van der Waals surface area contributed by atoms with Crippen LogP contribution in [0.4, 0.5) is 0 Å². The predicted molar refractivity (Wildman–Crippen MR) is 109 cm³/mol. The molecule has 0 bridgehead atoms. The van der Waals surface area contributed by atoms with Crippen molar-refractivity contribution in [3.8, 4) is 0 Å². The minimum absolute atomic E-state index is 0.157. The molecule has 1 aliphatic rings. The average molecular weight is 351 g/mol. The monoisotopic (exact) mass is 350 g/mol. The molecule has 0 fully saturated rings. The van der Waals surface area contributed by atoms with Gasteiger partial charge in [0.1, 0.15) is 0 Å². The highest BCUT2D eigenvalue weighted by Crippen LogP contribution is 2.42. The summed E-state index contributed by atoms with van der Waals surface area (Å²) in [5.41, 5.74) is 5.32. The van der Waals surface area contributed by atoms with Crippen LogP contribution in [0.3, 0.4) is 0 Å². The molecular formula is C23H26OS. The van der Waals surface area contributed by atoms with Crippen LogP contribution in [0.2, 0.25) is 0 Å². The van der Waals surface area contributed by atoms with Gasteiger partial charge in [0.2, 0.25) is 0 Å². The van der Waals surface area contributed by atoms with E-state index in [1.807, 2.05) is 0 Å². The molecule has 2 aromatic rings. The first-order valence-corrected chi connectivity index (χ1v) is 10.3. The molecule has 1 nitrogen and oxygen atoms in total. The van der Waals surface area contributed by atoms with Gasteiger partial charge in [-0.1, -0.05) is 85.8 Å². The number of hydrogen-bond donors (Lipinski definition) is 0. The van der Waals surface area contributed by atoms with Gasteiger partial charge in [0.15, 0.2) is 5.12 Å². The number of unbranched alkanes of at least 4 members (excludes halogenated alkanes) is 1. The zero-order valence-corrected chi connectivity index (χ0v) is 15.7. The maximum Gasteiger partial charge on any atom is 0.192 e. The Hall–Kier alpha value is -1.80. The van der Waals surface area contributed by atoms with Gasteiger partial charge in [0, 0.05) is 11.7 Å². The van der Waals surface area contributed by atoms with Gasteiger partial charge in [-0.2, -0.15) is 0 Å². The van der Waals surface area contributed by atoms with E-state index < -0.39 is 0 Å². The number of thioether (sulfide) groups is 1. The van der Waals surface area contributed by atoms with Gasteiger partial charge in [-0.3, -0.25) is 4.79 Å². The van der Waals surface area contributed by atoms with Crippen LogP contribution in [0.1, 0.15) is 50.2 Å². The Morgan fingerprint density at radius 2 is 1.56 bits per heavy atom. The minimum Gasteiger partial charge on any atom is -0.287 e. The highest BCUT2D eigenvalue weighted by atomic mass is 32.2. The van der Waals surface area contributed by atoms with Crippen LogP contribution < -0.4 is 0 Å². The van der Waals surface area contributed by atoms with Crippen molar-refractivity contribution in [2.45, 2.75) is 39.0 Å². The number of benzene rings is 2. The van der Waals surface area contributed by atoms with E-state index in [0.29, 0.717) is 5.12 Å². The van der Waals surface area contributed by atoms with E-state index in [0.717, 1.165) is 37.9 Å². The molecule has 0 N–H and O–H groups in total. The predicted octanol–water partition coefficient (Wildman–Crippen LogP) is 6.46. The third-order valence-electron chi connectivity index (χ3n) is 4.88. The summed E-state index contributed by atoms with van der Waals surface area (Å²) in [7, 11) is 0. The van der Waals surface area contributed by atoms with Crippen molar-refractivity contribution in [3.63, 3.8) is 0 Å². The molecule has 0 radical (unpaired) electrons. The lowest BCUT2D eigenvalue weighted by molar-refractivity contribution is -0.114. The smallest absolute Gasteiger partial charge is 0.192 e. The van der Waals surface area contributed by atoms with Gasteiger partial charge in [0.25, 0.3) is 0 Å². The third kappa shape index (κ3) is 4.64. The van der Waals surface area contributed by atoms with Crippen LogP contribution in [-0.2, 0) is 4.79 Å². The van der Waals surface area contributed by atoms with Crippen molar-refractivity contribution < 1.29 is 4.79 Å². The minimum atomic E-state index is 0.157. The van der Waals surface area contributed by atoms with E-state index in [-0.39, 0.29) is 5.92 Å². The quantitative estimate of drug-likeness (QED) is 0.556. The van der Waals surface area contributed by atoms with Crippen molar-refractivity contribution in [1.82, 2.24) is 0 Å². The zero-order valence-electron chi connectivity index (χ0n) is 14.9. The molecular weight excluding hydrogens is 324 g/mol. The molecule has 0 aliphatic heterocycles. The van der Waals surface area contributed by atoms with E-state index in [4.69, 9.17) is 0 Å². The second kappa shape index (κ2) is 9.05. The summed E-state index contributed by atoms with van der Waals surface area (Å²) in [5.74, 6) is 1.12. The summed E-state index contributed by atoms with van der Waals surface area (Å²) >= 11 is 1.54. The number of hydrogen-bond acceptors (Lipinski definition) is 2. The number of carbonyl (C=O) groups excluding carboxylic acids is 1. The Labute approximate surface area is 155 Å². The summed E-state index contributed by atoms with van der Waals surface area (Å²) in [5, 5.41) is 0.383. The van der Waals surface area contributed by atoms with E-state index >= 15 is 0 Å². The van der Waals surface area contributed by atoms with Gasteiger partial charge >= 0.3 is 0 Å².